The monoisotopic (exact) mass is 382 g/mol. The third kappa shape index (κ3) is 4.77. The van der Waals surface area contributed by atoms with Gasteiger partial charge in [0.25, 0.3) is 0 Å². The summed E-state index contributed by atoms with van der Waals surface area (Å²) in [6, 6.07) is 5.54. The molecule has 0 aromatic heterocycles. The number of anilines is 1. The molecule has 0 aliphatic carbocycles. The molecule has 1 amide bonds. The van der Waals surface area contributed by atoms with Gasteiger partial charge >= 0.3 is 0 Å². The Kier molecular flexibility index (Phi) is 5.61. The fraction of sp³-hybridized carbons (Fsp3) is 0.273. The number of amides is 1. The topological polar surface area (TPSA) is 41.1 Å². The van der Waals surface area contributed by atoms with Crippen LogP contribution in [0.2, 0.25) is 5.02 Å². The summed E-state index contributed by atoms with van der Waals surface area (Å²) in [7, 11) is 0. The molecule has 0 unspecified atom stereocenters. The summed E-state index contributed by atoms with van der Waals surface area (Å²) in [5, 5.41) is 6.30. The molecule has 1 aromatic rings. The van der Waals surface area contributed by atoms with Gasteiger partial charge in [-0.25, -0.2) is 0 Å². The van der Waals surface area contributed by atoms with Crippen LogP contribution in [0.1, 0.15) is 13.8 Å². The number of carbonyl (C=O) groups excluding carboxylic acids is 1. The van der Waals surface area contributed by atoms with Crippen LogP contribution < -0.4 is 10.6 Å². The Morgan fingerprint density at radius 1 is 1.47 bits per heavy atom. The molecule has 0 saturated heterocycles. The van der Waals surface area contributed by atoms with Crippen LogP contribution in [-0.4, -0.2) is 11.0 Å². The van der Waals surface area contributed by atoms with Crippen molar-refractivity contribution in [3.05, 3.63) is 26.8 Å². The lowest BCUT2D eigenvalue weighted by atomic mass is 10.2. The standard InChI is InChI=1S/C11H12ClIN2OS/c1-6(2)10(16)15-11(17)14-9-4-3-7(13)5-8(9)12/h3-6H,1-2H3,(H2,14,15,16,17). The smallest absolute Gasteiger partial charge is 0.228 e. The maximum absolute atomic E-state index is 11.4. The van der Waals surface area contributed by atoms with Crippen molar-refractivity contribution in [2.75, 3.05) is 5.32 Å². The van der Waals surface area contributed by atoms with Gasteiger partial charge in [-0.2, -0.15) is 0 Å². The van der Waals surface area contributed by atoms with E-state index in [4.69, 9.17) is 23.8 Å². The molecule has 1 aromatic carbocycles. The first-order valence-corrected chi connectivity index (χ1v) is 6.83. The molecule has 0 saturated carbocycles. The molecule has 6 heteroatoms. The summed E-state index contributed by atoms with van der Waals surface area (Å²) in [5.74, 6) is -0.230. The second-order valence-corrected chi connectivity index (χ2v) is 5.78. The Morgan fingerprint density at radius 3 is 2.65 bits per heavy atom. The molecule has 2 N–H and O–H groups in total. The number of carbonyl (C=O) groups is 1. The van der Waals surface area contributed by atoms with Gasteiger partial charge in [0.15, 0.2) is 5.11 Å². The second kappa shape index (κ2) is 6.51. The van der Waals surface area contributed by atoms with Crippen LogP contribution in [0.5, 0.6) is 0 Å². The van der Waals surface area contributed by atoms with E-state index in [0.29, 0.717) is 10.7 Å². The number of benzene rings is 1. The van der Waals surface area contributed by atoms with Crippen molar-refractivity contribution in [1.29, 1.82) is 0 Å². The number of nitrogens with one attached hydrogen (secondary N) is 2. The van der Waals surface area contributed by atoms with Gasteiger partial charge in [-0.1, -0.05) is 25.4 Å². The molecular weight excluding hydrogens is 371 g/mol. The zero-order valence-electron chi connectivity index (χ0n) is 9.38. The highest BCUT2D eigenvalue weighted by molar-refractivity contribution is 14.1. The lowest BCUT2D eigenvalue weighted by Crippen LogP contribution is -2.36. The molecule has 0 radical (unpaired) electrons. The van der Waals surface area contributed by atoms with Gasteiger partial charge in [0.2, 0.25) is 5.91 Å². The molecule has 92 valence electrons. The highest BCUT2D eigenvalue weighted by Gasteiger charge is 2.09. The molecule has 3 nitrogen and oxygen atoms in total. The van der Waals surface area contributed by atoms with E-state index >= 15 is 0 Å². The third-order valence-corrected chi connectivity index (χ3v) is 3.13. The van der Waals surface area contributed by atoms with Crippen molar-refractivity contribution in [2.45, 2.75) is 13.8 Å². The van der Waals surface area contributed by atoms with Crippen molar-refractivity contribution in [1.82, 2.24) is 5.32 Å². The molecule has 0 heterocycles. The van der Waals surface area contributed by atoms with Crippen molar-refractivity contribution < 1.29 is 4.79 Å². The van der Waals surface area contributed by atoms with Crippen molar-refractivity contribution in [3.8, 4) is 0 Å². The minimum Gasteiger partial charge on any atom is -0.331 e. The molecule has 0 aliphatic rings. The van der Waals surface area contributed by atoms with Crippen molar-refractivity contribution in [2.24, 2.45) is 5.92 Å². The molecule has 0 aliphatic heterocycles. The van der Waals surface area contributed by atoms with Gasteiger partial charge in [-0.15, -0.1) is 0 Å². The molecule has 0 bridgehead atoms. The maximum Gasteiger partial charge on any atom is 0.228 e. The fourth-order valence-corrected chi connectivity index (χ4v) is 2.11. The van der Waals surface area contributed by atoms with E-state index in [-0.39, 0.29) is 16.9 Å². The van der Waals surface area contributed by atoms with Crippen LogP contribution >= 0.6 is 46.4 Å². The average molecular weight is 383 g/mol. The summed E-state index contributed by atoms with van der Waals surface area (Å²) in [6.07, 6.45) is 0. The van der Waals surface area contributed by atoms with Gasteiger partial charge < -0.3 is 10.6 Å². The van der Waals surface area contributed by atoms with Crippen LogP contribution in [0.4, 0.5) is 5.69 Å². The van der Waals surface area contributed by atoms with Gasteiger partial charge in [0.05, 0.1) is 10.7 Å². The second-order valence-electron chi connectivity index (χ2n) is 3.72. The van der Waals surface area contributed by atoms with Crippen LogP contribution in [0.15, 0.2) is 18.2 Å². The van der Waals surface area contributed by atoms with Gasteiger partial charge in [0.1, 0.15) is 0 Å². The SMILES string of the molecule is CC(C)C(=O)NC(=S)Nc1ccc(I)cc1Cl. The van der Waals surface area contributed by atoms with Gasteiger partial charge in [0, 0.05) is 9.49 Å². The van der Waals surface area contributed by atoms with E-state index in [0.717, 1.165) is 3.57 Å². The van der Waals surface area contributed by atoms with Crippen molar-refractivity contribution >= 4 is 63.1 Å². The molecule has 0 spiro atoms. The van der Waals surface area contributed by atoms with E-state index in [2.05, 4.69) is 33.2 Å². The number of hydrogen-bond donors (Lipinski definition) is 2. The third-order valence-electron chi connectivity index (χ3n) is 1.94. The first kappa shape index (κ1) is 14.7. The Balaban J connectivity index is 2.65. The van der Waals surface area contributed by atoms with Crippen molar-refractivity contribution in [3.63, 3.8) is 0 Å². The minimum atomic E-state index is -0.121. The minimum absolute atomic E-state index is 0.109. The van der Waals surface area contributed by atoms with Crippen LogP contribution in [-0.2, 0) is 4.79 Å². The van der Waals surface area contributed by atoms with Crippen LogP contribution in [0.3, 0.4) is 0 Å². The summed E-state index contributed by atoms with van der Waals surface area (Å²) in [4.78, 5) is 11.4. The number of halogens is 2. The summed E-state index contributed by atoms with van der Waals surface area (Å²) >= 11 is 13.2. The largest absolute Gasteiger partial charge is 0.331 e. The quantitative estimate of drug-likeness (QED) is 0.608. The van der Waals surface area contributed by atoms with Crippen LogP contribution in [0.25, 0.3) is 0 Å². The fourth-order valence-electron chi connectivity index (χ4n) is 1.00. The van der Waals surface area contributed by atoms with Gasteiger partial charge in [-0.05, 0) is 53.0 Å². The Bertz CT molecular complexity index is 451. The highest BCUT2D eigenvalue weighted by atomic mass is 127. The molecule has 1 rings (SSSR count). The molecule has 0 atom stereocenters. The molecule has 0 fully saturated rings. The molecule has 17 heavy (non-hydrogen) atoms. The number of thiocarbonyl (C=S) groups is 1. The van der Waals surface area contributed by atoms with E-state index in [1.807, 2.05) is 18.2 Å². The summed E-state index contributed by atoms with van der Waals surface area (Å²) in [6.45, 7) is 3.60. The summed E-state index contributed by atoms with van der Waals surface area (Å²) < 4.78 is 1.04. The Labute approximate surface area is 124 Å². The maximum atomic E-state index is 11.4. The first-order valence-electron chi connectivity index (χ1n) is 4.97. The van der Waals surface area contributed by atoms with E-state index in [1.54, 1.807) is 13.8 Å². The zero-order valence-corrected chi connectivity index (χ0v) is 13.1. The van der Waals surface area contributed by atoms with E-state index < -0.39 is 0 Å². The van der Waals surface area contributed by atoms with E-state index in [9.17, 15) is 4.79 Å². The van der Waals surface area contributed by atoms with E-state index in [1.165, 1.54) is 0 Å². The Morgan fingerprint density at radius 2 is 2.12 bits per heavy atom. The first-order chi connectivity index (χ1) is 7.90. The average Bonchev–Trinajstić information content (AvgIpc) is 2.22. The van der Waals surface area contributed by atoms with Gasteiger partial charge in [-0.3, -0.25) is 4.79 Å². The lowest BCUT2D eigenvalue weighted by Gasteiger charge is -2.12. The highest BCUT2D eigenvalue weighted by Crippen LogP contribution is 2.23. The predicted octanol–water partition coefficient (Wildman–Crippen LogP) is 3.41. The summed E-state index contributed by atoms with van der Waals surface area (Å²) in [5.41, 5.74) is 0.682. The number of rotatable bonds is 2. The Hall–Kier alpha value is -0.400. The van der Waals surface area contributed by atoms with Crippen LogP contribution in [0, 0.1) is 9.49 Å². The predicted molar refractivity (Wildman–Crippen MR) is 83.4 cm³/mol. The zero-order chi connectivity index (χ0) is 13.0. The molecular formula is C11H12ClIN2OS. The normalized spacial score (nSPS) is 10.2. The number of hydrogen-bond acceptors (Lipinski definition) is 2. The lowest BCUT2D eigenvalue weighted by molar-refractivity contribution is -0.122.